The quantitative estimate of drug-likeness (QED) is 0.795. The van der Waals surface area contributed by atoms with E-state index in [1.54, 1.807) is 12.1 Å². The fraction of sp³-hybridized carbons (Fsp3) is 0.417. The average Bonchev–Trinajstić information content (AvgIpc) is 2.15. The molecule has 1 saturated carbocycles. The number of carbonyl (C=O) groups is 1. The molecule has 1 aromatic carbocycles. The second-order valence-corrected chi connectivity index (χ2v) is 4.11. The Hall–Kier alpha value is -1.35. The molecule has 3 heteroatoms. The van der Waals surface area contributed by atoms with Gasteiger partial charge in [0.25, 0.3) is 0 Å². The van der Waals surface area contributed by atoms with Gasteiger partial charge in [-0.2, -0.15) is 0 Å². The van der Waals surface area contributed by atoms with Crippen molar-refractivity contribution >= 4 is 5.97 Å². The SMILES string of the molecule is N[C@H](c1ccccc1C(=O)O)C1CCC1. The molecule has 0 saturated heterocycles. The van der Waals surface area contributed by atoms with Crippen LogP contribution in [0.15, 0.2) is 24.3 Å². The Balaban J connectivity index is 2.29. The van der Waals surface area contributed by atoms with E-state index in [4.69, 9.17) is 10.8 Å². The second kappa shape index (κ2) is 4.03. The molecule has 0 aliphatic heterocycles. The maximum Gasteiger partial charge on any atom is 0.336 e. The number of benzene rings is 1. The summed E-state index contributed by atoms with van der Waals surface area (Å²) in [5.74, 6) is -0.425. The van der Waals surface area contributed by atoms with Gasteiger partial charge >= 0.3 is 5.97 Å². The number of hydrogen-bond acceptors (Lipinski definition) is 2. The summed E-state index contributed by atoms with van der Waals surface area (Å²) < 4.78 is 0. The monoisotopic (exact) mass is 205 g/mol. The zero-order valence-corrected chi connectivity index (χ0v) is 8.52. The highest BCUT2D eigenvalue weighted by Crippen LogP contribution is 2.37. The number of nitrogens with two attached hydrogens (primary N) is 1. The highest BCUT2D eigenvalue weighted by molar-refractivity contribution is 5.89. The summed E-state index contributed by atoms with van der Waals surface area (Å²) in [7, 11) is 0. The Labute approximate surface area is 88.9 Å². The van der Waals surface area contributed by atoms with Gasteiger partial charge in [0.1, 0.15) is 0 Å². The Morgan fingerprint density at radius 3 is 2.60 bits per heavy atom. The van der Waals surface area contributed by atoms with Crippen molar-refractivity contribution in [3.8, 4) is 0 Å². The van der Waals surface area contributed by atoms with E-state index in [0.717, 1.165) is 18.4 Å². The normalized spacial score (nSPS) is 18.2. The topological polar surface area (TPSA) is 63.3 Å². The van der Waals surface area contributed by atoms with Crippen LogP contribution < -0.4 is 5.73 Å². The predicted molar refractivity (Wildman–Crippen MR) is 57.7 cm³/mol. The van der Waals surface area contributed by atoms with Crippen LogP contribution in [0.3, 0.4) is 0 Å². The summed E-state index contributed by atoms with van der Waals surface area (Å²) in [6.45, 7) is 0. The number of carboxylic acids is 1. The van der Waals surface area contributed by atoms with E-state index in [9.17, 15) is 4.79 Å². The fourth-order valence-corrected chi connectivity index (χ4v) is 2.04. The minimum absolute atomic E-state index is 0.119. The van der Waals surface area contributed by atoms with Crippen LogP contribution in [0.25, 0.3) is 0 Å². The van der Waals surface area contributed by atoms with E-state index in [2.05, 4.69) is 0 Å². The third-order valence-corrected chi connectivity index (χ3v) is 3.21. The highest BCUT2D eigenvalue weighted by Gasteiger charge is 2.27. The summed E-state index contributed by atoms with van der Waals surface area (Å²) in [5, 5.41) is 9.03. The van der Waals surface area contributed by atoms with Crippen LogP contribution in [-0.4, -0.2) is 11.1 Å². The minimum atomic E-state index is -0.889. The molecule has 1 aromatic rings. The Morgan fingerprint density at radius 2 is 2.07 bits per heavy atom. The maximum absolute atomic E-state index is 11.0. The summed E-state index contributed by atoms with van der Waals surface area (Å²) in [5.41, 5.74) is 7.19. The lowest BCUT2D eigenvalue weighted by atomic mass is 9.77. The lowest BCUT2D eigenvalue weighted by molar-refractivity contribution is 0.0694. The molecule has 15 heavy (non-hydrogen) atoms. The van der Waals surface area contributed by atoms with E-state index < -0.39 is 5.97 Å². The van der Waals surface area contributed by atoms with Crippen molar-refractivity contribution in [2.45, 2.75) is 25.3 Å². The number of carboxylic acid groups (broad SMARTS) is 1. The second-order valence-electron chi connectivity index (χ2n) is 4.11. The van der Waals surface area contributed by atoms with Crippen molar-refractivity contribution in [1.29, 1.82) is 0 Å². The molecule has 0 aromatic heterocycles. The number of aromatic carboxylic acids is 1. The zero-order valence-electron chi connectivity index (χ0n) is 8.52. The Morgan fingerprint density at radius 1 is 1.40 bits per heavy atom. The molecule has 0 bridgehead atoms. The third-order valence-electron chi connectivity index (χ3n) is 3.21. The average molecular weight is 205 g/mol. The van der Waals surface area contributed by atoms with E-state index in [0.29, 0.717) is 11.5 Å². The van der Waals surface area contributed by atoms with Crippen molar-refractivity contribution in [1.82, 2.24) is 0 Å². The molecule has 2 rings (SSSR count). The van der Waals surface area contributed by atoms with Gasteiger partial charge in [0, 0.05) is 6.04 Å². The van der Waals surface area contributed by atoms with Crippen LogP contribution in [0.2, 0.25) is 0 Å². The standard InChI is InChI=1S/C12H15NO2/c13-11(8-4-3-5-8)9-6-1-2-7-10(9)12(14)15/h1-2,6-8,11H,3-5,13H2,(H,14,15)/t11-/m0/s1. The summed E-state index contributed by atoms with van der Waals surface area (Å²) in [4.78, 5) is 11.0. The van der Waals surface area contributed by atoms with Gasteiger partial charge in [0.2, 0.25) is 0 Å². The highest BCUT2D eigenvalue weighted by atomic mass is 16.4. The number of rotatable bonds is 3. The first-order valence-corrected chi connectivity index (χ1v) is 5.28. The minimum Gasteiger partial charge on any atom is -0.478 e. The van der Waals surface area contributed by atoms with Crippen LogP contribution in [0.5, 0.6) is 0 Å². The molecule has 0 spiro atoms. The first-order valence-electron chi connectivity index (χ1n) is 5.28. The van der Waals surface area contributed by atoms with Gasteiger partial charge < -0.3 is 10.8 Å². The largest absolute Gasteiger partial charge is 0.478 e. The summed E-state index contributed by atoms with van der Waals surface area (Å²) in [6, 6.07) is 6.91. The van der Waals surface area contributed by atoms with E-state index in [-0.39, 0.29) is 6.04 Å². The Kier molecular flexibility index (Phi) is 2.73. The molecule has 0 heterocycles. The Bertz CT molecular complexity index is 372. The van der Waals surface area contributed by atoms with E-state index >= 15 is 0 Å². The maximum atomic E-state index is 11.0. The molecular weight excluding hydrogens is 190 g/mol. The first-order chi connectivity index (χ1) is 7.20. The summed E-state index contributed by atoms with van der Waals surface area (Å²) >= 11 is 0. The van der Waals surface area contributed by atoms with Gasteiger partial charge in [-0.15, -0.1) is 0 Å². The van der Waals surface area contributed by atoms with E-state index in [1.165, 1.54) is 6.42 Å². The van der Waals surface area contributed by atoms with Gasteiger partial charge in [0.05, 0.1) is 5.56 Å². The van der Waals surface area contributed by atoms with Crippen molar-refractivity contribution in [2.24, 2.45) is 11.7 Å². The van der Waals surface area contributed by atoms with Crippen molar-refractivity contribution < 1.29 is 9.90 Å². The molecule has 0 unspecified atom stereocenters. The molecule has 1 aliphatic carbocycles. The molecule has 1 aliphatic rings. The van der Waals surface area contributed by atoms with Crippen LogP contribution in [0.1, 0.15) is 41.2 Å². The molecular formula is C12H15NO2. The summed E-state index contributed by atoms with van der Waals surface area (Å²) in [6.07, 6.45) is 3.46. The van der Waals surface area contributed by atoms with Gasteiger partial charge in [-0.3, -0.25) is 0 Å². The van der Waals surface area contributed by atoms with Crippen LogP contribution >= 0.6 is 0 Å². The molecule has 3 nitrogen and oxygen atoms in total. The first kappa shape index (κ1) is 10.2. The molecule has 80 valence electrons. The number of hydrogen-bond donors (Lipinski definition) is 2. The van der Waals surface area contributed by atoms with Gasteiger partial charge in [0.15, 0.2) is 0 Å². The molecule has 0 radical (unpaired) electrons. The third kappa shape index (κ3) is 1.88. The van der Waals surface area contributed by atoms with Crippen LogP contribution in [-0.2, 0) is 0 Å². The van der Waals surface area contributed by atoms with Gasteiger partial charge in [-0.25, -0.2) is 4.79 Å². The van der Waals surface area contributed by atoms with Gasteiger partial charge in [-0.05, 0) is 30.4 Å². The van der Waals surface area contributed by atoms with Crippen molar-refractivity contribution in [2.75, 3.05) is 0 Å². The van der Waals surface area contributed by atoms with Crippen LogP contribution in [0, 0.1) is 5.92 Å². The lowest BCUT2D eigenvalue weighted by Gasteiger charge is -2.32. The van der Waals surface area contributed by atoms with E-state index in [1.807, 2.05) is 12.1 Å². The zero-order chi connectivity index (χ0) is 10.8. The smallest absolute Gasteiger partial charge is 0.336 e. The van der Waals surface area contributed by atoms with Gasteiger partial charge in [-0.1, -0.05) is 24.6 Å². The predicted octanol–water partition coefficient (Wildman–Crippen LogP) is 2.18. The van der Waals surface area contributed by atoms with Crippen LogP contribution in [0.4, 0.5) is 0 Å². The molecule has 1 fully saturated rings. The molecule has 0 amide bonds. The molecule has 3 N–H and O–H groups in total. The van der Waals surface area contributed by atoms with Crippen molar-refractivity contribution in [3.05, 3.63) is 35.4 Å². The van der Waals surface area contributed by atoms with Crippen molar-refractivity contribution in [3.63, 3.8) is 0 Å². The lowest BCUT2D eigenvalue weighted by Crippen LogP contribution is -2.28. The molecule has 1 atom stereocenters. The fourth-order valence-electron chi connectivity index (χ4n) is 2.04.